The molecule has 0 spiro atoms. The summed E-state index contributed by atoms with van der Waals surface area (Å²) in [5.41, 5.74) is -1.66. The third-order valence-corrected chi connectivity index (χ3v) is 4.45. The fraction of sp³-hybridized carbons (Fsp3) is 0.438. The summed E-state index contributed by atoms with van der Waals surface area (Å²) in [6, 6.07) is 1.05. The lowest BCUT2D eigenvalue weighted by Crippen LogP contribution is -2.37. The van der Waals surface area contributed by atoms with Gasteiger partial charge in [-0.1, -0.05) is 6.08 Å². The zero-order chi connectivity index (χ0) is 17.7. The van der Waals surface area contributed by atoms with E-state index in [1.165, 1.54) is 6.08 Å². The van der Waals surface area contributed by atoms with E-state index in [1.807, 2.05) is 0 Å². The molecular formula is C16H14F4N2O2. The van der Waals surface area contributed by atoms with Crippen LogP contribution in [0.1, 0.15) is 48.9 Å². The Morgan fingerprint density at radius 3 is 2.54 bits per heavy atom. The Labute approximate surface area is 135 Å². The van der Waals surface area contributed by atoms with Gasteiger partial charge in [0.2, 0.25) is 0 Å². The average Bonchev–Trinajstić information content (AvgIpc) is 3.33. The van der Waals surface area contributed by atoms with Gasteiger partial charge >= 0.3 is 6.18 Å². The number of allylic oxidation sites excluding steroid dienone is 2. The molecule has 0 bridgehead atoms. The first-order valence-electron chi connectivity index (χ1n) is 7.42. The summed E-state index contributed by atoms with van der Waals surface area (Å²) in [6.07, 6.45) is -0.169. The number of hydrogen-bond donors (Lipinski definition) is 0. The molecule has 0 aliphatic heterocycles. The zero-order valence-electron chi connectivity index (χ0n) is 12.7. The van der Waals surface area contributed by atoms with Gasteiger partial charge in [-0.2, -0.15) is 13.2 Å². The molecule has 2 aliphatic carbocycles. The standard InChI is InChI=1S/C16H14F4N2O2/c1-15(22(23)24)7-10(4-5-13(15)17)14-12(9-2-3-9)6-11(8-21-14)16(18,19)20/h4-6,8-9H,2-3,7H2,1H3. The van der Waals surface area contributed by atoms with Crippen molar-refractivity contribution in [3.8, 4) is 0 Å². The number of pyridine rings is 1. The molecule has 1 atom stereocenters. The number of rotatable bonds is 3. The maximum Gasteiger partial charge on any atom is 0.417 e. The summed E-state index contributed by atoms with van der Waals surface area (Å²) in [5.74, 6) is -0.913. The van der Waals surface area contributed by atoms with E-state index in [-0.39, 0.29) is 12.3 Å². The van der Waals surface area contributed by atoms with Crippen molar-refractivity contribution >= 4 is 5.57 Å². The topological polar surface area (TPSA) is 56.0 Å². The van der Waals surface area contributed by atoms with Crippen LogP contribution in [0.5, 0.6) is 0 Å². The Morgan fingerprint density at radius 1 is 1.33 bits per heavy atom. The van der Waals surface area contributed by atoms with Crippen molar-refractivity contribution in [2.45, 2.75) is 43.8 Å². The predicted octanol–water partition coefficient (Wildman–Crippen LogP) is 4.65. The van der Waals surface area contributed by atoms with Crippen molar-refractivity contribution in [2.75, 3.05) is 0 Å². The minimum atomic E-state index is -4.50. The molecule has 24 heavy (non-hydrogen) atoms. The van der Waals surface area contributed by atoms with Crippen molar-refractivity contribution in [1.82, 2.24) is 4.98 Å². The van der Waals surface area contributed by atoms with Crippen LogP contribution in [0.3, 0.4) is 0 Å². The molecule has 128 valence electrons. The summed E-state index contributed by atoms with van der Waals surface area (Å²) in [6.45, 7) is 1.16. The van der Waals surface area contributed by atoms with Crippen LogP contribution in [0.2, 0.25) is 0 Å². The second-order valence-electron chi connectivity index (χ2n) is 6.35. The molecule has 1 heterocycles. The average molecular weight is 342 g/mol. The summed E-state index contributed by atoms with van der Waals surface area (Å²) < 4.78 is 52.6. The molecule has 0 saturated heterocycles. The van der Waals surface area contributed by atoms with Crippen molar-refractivity contribution in [3.05, 3.63) is 57.2 Å². The van der Waals surface area contributed by atoms with E-state index in [9.17, 15) is 27.7 Å². The van der Waals surface area contributed by atoms with Gasteiger partial charge in [0.05, 0.1) is 17.7 Å². The highest BCUT2D eigenvalue weighted by Gasteiger charge is 2.46. The molecule has 0 N–H and O–H groups in total. The predicted molar refractivity (Wildman–Crippen MR) is 78.4 cm³/mol. The molecule has 0 radical (unpaired) electrons. The second-order valence-corrected chi connectivity index (χ2v) is 6.35. The zero-order valence-corrected chi connectivity index (χ0v) is 12.7. The monoisotopic (exact) mass is 342 g/mol. The van der Waals surface area contributed by atoms with Crippen LogP contribution in [0, 0.1) is 10.1 Å². The van der Waals surface area contributed by atoms with Gasteiger partial charge in [0.25, 0.3) is 5.54 Å². The Hall–Kier alpha value is -2.25. The van der Waals surface area contributed by atoms with Crippen LogP contribution < -0.4 is 0 Å². The molecule has 1 saturated carbocycles. The van der Waals surface area contributed by atoms with Crippen LogP contribution in [-0.4, -0.2) is 15.4 Å². The summed E-state index contributed by atoms with van der Waals surface area (Å²) in [5, 5.41) is 11.2. The number of alkyl halides is 3. The van der Waals surface area contributed by atoms with Gasteiger partial charge in [0.1, 0.15) is 0 Å². The molecule has 1 aromatic rings. The summed E-state index contributed by atoms with van der Waals surface area (Å²) in [7, 11) is 0. The SMILES string of the molecule is CC1([N+](=O)[O-])CC(c2ncc(C(F)(F)F)cc2C2CC2)=CC=C1F. The number of nitrogens with zero attached hydrogens (tertiary/aromatic N) is 2. The highest BCUT2D eigenvalue weighted by Crippen LogP contribution is 2.46. The van der Waals surface area contributed by atoms with Crippen molar-refractivity contribution in [2.24, 2.45) is 0 Å². The number of nitro groups is 1. The van der Waals surface area contributed by atoms with Gasteiger partial charge in [-0.3, -0.25) is 15.1 Å². The summed E-state index contributed by atoms with van der Waals surface area (Å²) >= 11 is 0. The Morgan fingerprint density at radius 2 is 2.00 bits per heavy atom. The number of aromatic nitrogens is 1. The molecular weight excluding hydrogens is 328 g/mol. The third-order valence-electron chi connectivity index (χ3n) is 4.45. The van der Waals surface area contributed by atoms with E-state index >= 15 is 0 Å². The van der Waals surface area contributed by atoms with Crippen molar-refractivity contribution in [3.63, 3.8) is 0 Å². The molecule has 8 heteroatoms. The minimum Gasteiger partial charge on any atom is -0.264 e. The Bertz CT molecular complexity index is 766. The van der Waals surface area contributed by atoms with Crippen LogP contribution in [0.4, 0.5) is 17.6 Å². The van der Waals surface area contributed by atoms with Gasteiger partial charge in [0.15, 0.2) is 5.83 Å². The van der Waals surface area contributed by atoms with Crippen molar-refractivity contribution in [1.29, 1.82) is 0 Å². The molecule has 1 aromatic heterocycles. The molecule has 0 amide bonds. The molecule has 3 rings (SSSR count). The number of halogens is 4. The molecule has 4 nitrogen and oxygen atoms in total. The maximum absolute atomic E-state index is 13.9. The highest BCUT2D eigenvalue weighted by atomic mass is 19.4. The molecule has 2 aliphatic rings. The van der Waals surface area contributed by atoms with E-state index in [2.05, 4.69) is 4.98 Å². The lowest BCUT2D eigenvalue weighted by Gasteiger charge is -2.24. The largest absolute Gasteiger partial charge is 0.417 e. The van der Waals surface area contributed by atoms with Gasteiger partial charge < -0.3 is 0 Å². The normalized spacial score (nSPS) is 24.4. The van der Waals surface area contributed by atoms with E-state index in [4.69, 9.17) is 0 Å². The van der Waals surface area contributed by atoms with E-state index in [0.29, 0.717) is 16.8 Å². The van der Waals surface area contributed by atoms with Crippen LogP contribution >= 0.6 is 0 Å². The van der Waals surface area contributed by atoms with E-state index < -0.39 is 28.0 Å². The fourth-order valence-corrected chi connectivity index (χ4v) is 2.79. The maximum atomic E-state index is 13.9. The van der Waals surface area contributed by atoms with E-state index in [0.717, 1.165) is 38.1 Å². The lowest BCUT2D eigenvalue weighted by molar-refractivity contribution is -0.555. The second kappa shape index (κ2) is 5.39. The quantitative estimate of drug-likeness (QED) is 0.456. The van der Waals surface area contributed by atoms with Gasteiger partial charge in [0, 0.05) is 18.0 Å². The first kappa shape index (κ1) is 16.6. The van der Waals surface area contributed by atoms with E-state index in [1.54, 1.807) is 0 Å². The lowest BCUT2D eigenvalue weighted by atomic mass is 9.84. The third kappa shape index (κ3) is 2.81. The van der Waals surface area contributed by atoms with Gasteiger partial charge in [-0.05, 0) is 42.0 Å². The Balaban J connectivity index is 2.05. The van der Waals surface area contributed by atoms with Crippen molar-refractivity contribution < 1.29 is 22.5 Å². The van der Waals surface area contributed by atoms with Crippen LogP contribution in [0.15, 0.2) is 30.2 Å². The Kier molecular flexibility index (Phi) is 3.73. The summed E-state index contributed by atoms with van der Waals surface area (Å²) in [4.78, 5) is 14.4. The smallest absolute Gasteiger partial charge is 0.264 e. The van der Waals surface area contributed by atoms with Crippen LogP contribution in [-0.2, 0) is 6.18 Å². The minimum absolute atomic E-state index is 0.0340. The number of hydrogen-bond acceptors (Lipinski definition) is 3. The van der Waals surface area contributed by atoms with Crippen LogP contribution in [0.25, 0.3) is 5.57 Å². The highest BCUT2D eigenvalue weighted by molar-refractivity contribution is 5.70. The first-order valence-corrected chi connectivity index (χ1v) is 7.42. The first-order chi connectivity index (χ1) is 11.1. The van der Waals surface area contributed by atoms with Gasteiger partial charge in [-0.25, -0.2) is 4.39 Å². The van der Waals surface area contributed by atoms with Gasteiger partial charge in [-0.15, -0.1) is 0 Å². The molecule has 1 unspecified atom stereocenters. The fourth-order valence-electron chi connectivity index (χ4n) is 2.79. The molecule has 0 aromatic carbocycles. The molecule has 1 fully saturated rings.